The van der Waals surface area contributed by atoms with Crippen LogP contribution in [0.25, 0.3) is 76.5 Å². The van der Waals surface area contributed by atoms with Crippen molar-refractivity contribution >= 4 is 76.5 Å². The van der Waals surface area contributed by atoms with E-state index in [-0.39, 0.29) is 5.41 Å². The summed E-state index contributed by atoms with van der Waals surface area (Å²) >= 11 is 0. The minimum atomic E-state index is -0.283. The first-order valence-corrected chi connectivity index (χ1v) is 16.6. The highest BCUT2D eigenvalue weighted by molar-refractivity contribution is 6.33. The van der Waals surface area contributed by atoms with Crippen LogP contribution in [-0.4, -0.2) is 19.9 Å². The molecule has 230 valence electrons. The number of fused-ring (bicyclic) bond motifs is 15. The highest BCUT2D eigenvalue weighted by Crippen LogP contribution is 2.48. The van der Waals surface area contributed by atoms with Crippen LogP contribution >= 0.6 is 0 Å². The van der Waals surface area contributed by atoms with Gasteiger partial charge in [-0.1, -0.05) is 62.4 Å². The number of aromatic amines is 2. The zero-order valence-electron chi connectivity index (χ0n) is 28.3. The molecule has 0 fully saturated rings. The molecule has 47 heavy (non-hydrogen) atoms. The average molecular weight is 611 g/mol. The van der Waals surface area contributed by atoms with E-state index in [0.717, 1.165) is 45.0 Å². The second kappa shape index (κ2) is 9.42. The van der Waals surface area contributed by atoms with Gasteiger partial charge in [-0.3, -0.25) is 0 Å². The molecular weight excluding hydrogens is 573 g/mol. The number of H-pyrrole nitrogens is 2. The zero-order chi connectivity index (χ0) is 32.5. The molecular formula is C43H38N4. The van der Waals surface area contributed by atoms with Crippen molar-refractivity contribution < 1.29 is 0 Å². The van der Waals surface area contributed by atoms with Gasteiger partial charge in [0, 0.05) is 32.9 Å². The Morgan fingerprint density at radius 3 is 1.66 bits per heavy atom. The molecule has 0 atom stereocenters. The second-order valence-electron chi connectivity index (χ2n) is 14.2. The Morgan fingerprint density at radius 1 is 0.511 bits per heavy atom. The molecule has 9 rings (SSSR count). The van der Waals surface area contributed by atoms with Crippen LogP contribution in [0.2, 0.25) is 0 Å². The lowest BCUT2D eigenvalue weighted by Crippen LogP contribution is -2.16. The Morgan fingerprint density at radius 2 is 1.02 bits per heavy atom. The largest absolute Gasteiger partial charge is 0.357 e. The smallest absolute Gasteiger partial charge is 0.0769 e. The maximum atomic E-state index is 5.51. The standard InChI is InChI=1S/C43H38N4/c1-21-22(2)35-19-36-25(5)26(6)41(46-36)40-39-30-16-12-11-14-28(30)27-13-9-10-15-29(27)31(39)17-32-42(40)47-38(43(32,7)8)20-37-24(4)23(3)34(45-37)18-33(21)44-35/h9-20,44,47H,1-8H3. The summed E-state index contributed by atoms with van der Waals surface area (Å²) in [5.41, 5.74) is 16.9. The van der Waals surface area contributed by atoms with Crippen LogP contribution in [-0.2, 0) is 5.41 Å². The summed E-state index contributed by atoms with van der Waals surface area (Å²) in [5, 5.41) is 8.76. The number of aryl methyl sites for hydroxylation is 2. The molecule has 2 N–H and O–H groups in total. The Labute approximate surface area is 274 Å². The molecule has 0 radical (unpaired) electrons. The summed E-state index contributed by atoms with van der Waals surface area (Å²) in [5.74, 6) is 0. The lowest BCUT2D eigenvalue weighted by molar-refractivity contribution is 0.647. The van der Waals surface area contributed by atoms with Crippen molar-refractivity contribution in [3.05, 3.63) is 118 Å². The van der Waals surface area contributed by atoms with Gasteiger partial charge in [-0.25, -0.2) is 9.97 Å². The van der Waals surface area contributed by atoms with E-state index in [4.69, 9.17) is 9.97 Å². The van der Waals surface area contributed by atoms with Crippen molar-refractivity contribution in [2.45, 2.75) is 60.8 Å². The molecule has 8 bridgehead atoms. The number of benzene rings is 4. The van der Waals surface area contributed by atoms with E-state index in [9.17, 15) is 0 Å². The molecule has 0 aliphatic carbocycles. The predicted molar refractivity (Wildman–Crippen MR) is 200 cm³/mol. The molecule has 4 heteroatoms. The summed E-state index contributed by atoms with van der Waals surface area (Å²) in [7, 11) is 0. The van der Waals surface area contributed by atoms with Crippen LogP contribution in [0.4, 0.5) is 0 Å². The zero-order valence-corrected chi connectivity index (χ0v) is 28.3. The van der Waals surface area contributed by atoms with Crippen LogP contribution in [0.1, 0.15) is 86.7 Å². The minimum Gasteiger partial charge on any atom is -0.357 e. The first-order valence-electron chi connectivity index (χ1n) is 16.6. The predicted octanol–water partition coefficient (Wildman–Crippen LogP) is 11.5. The van der Waals surface area contributed by atoms with Gasteiger partial charge in [-0.15, -0.1) is 0 Å². The number of hydrogen-bond acceptors (Lipinski definition) is 2. The van der Waals surface area contributed by atoms with E-state index in [1.807, 2.05) is 0 Å². The van der Waals surface area contributed by atoms with Crippen LogP contribution < -0.4 is 0 Å². The van der Waals surface area contributed by atoms with E-state index in [1.165, 1.54) is 76.7 Å². The number of rotatable bonds is 0. The molecule has 0 unspecified atom stereocenters. The molecule has 0 amide bonds. The highest BCUT2D eigenvalue weighted by Gasteiger charge is 2.34. The van der Waals surface area contributed by atoms with Gasteiger partial charge in [0.05, 0.1) is 28.3 Å². The van der Waals surface area contributed by atoms with Crippen molar-refractivity contribution in [1.29, 1.82) is 0 Å². The van der Waals surface area contributed by atoms with Crippen LogP contribution in [0.3, 0.4) is 0 Å². The summed E-state index contributed by atoms with van der Waals surface area (Å²) in [6.45, 7) is 17.9. The number of hydrogen-bond donors (Lipinski definition) is 2. The minimum absolute atomic E-state index is 0.283. The molecule has 3 aliphatic heterocycles. The Bertz CT molecular complexity index is 2710. The van der Waals surface area contributed by atoms with Gasteiger partial charge >= 0.3 is 0 Å². The molecule has 0 spiro atoms. The molecule has 3 aliphatic rings. The van der Waals surface area contributed by atoms with Gasteiger partial charge in [0.2, 0.25) is 0 Å². The SMILES string of the molecule is CC1=C(C)c2cc3[nH]c(cc4nc(c5c6[nH]c(cc1n2)C(C)(C)c6cc1c2ccccc2c2ccccc2c15)C(C)=C4C)c(C)c3C. The van der Waals surface area contributed by atoms with Crippen molar-refractivity contribution in [2.24, 2.45) is 0 Å². The van der Waals surface area contributed by atoms with Crippen LogP contribution in [0.15, 0.2) is 72.8 Å². The molecule has 0 saturated carbocycles. The van der Waals surface area contributed by atoms with E-state index >= 15 is 0 Å². The Hall–Kier alpha value is -5.22. The normalized spacial score (nSPS) is 15.2. The number of aromatic nitrogens is 4. The quantitative estimate of drug-likeness (QED) is 0.168. The van der Waals surface area contributed by atoms with Gasteiger partial charge in [0.1, 0.15) is 0 Å². The molecule has 4 nitrogen and oxygen atoms in total. The van der Waals surface area contributed by atoms with E-state index < -0.39 is 0 Å². The maximum absolute atomic E-state index is 5.51. The lowest BCUT2D eigenvalue weighted by Gasteiger charge is -2.22. The monoisotopic (exact) mass is 610 g/mol. The third-order valence-corrected chi connectivity index (χ3v) is 11.5. The van der Waals surface area contributed by atoms with Crippen molar-refractivity contribution in [3.63, 3.8) is 0 Å². The lowest BCUT2D eigenvalue weighted by atomic mass is 9.80. The van der Waals surface area contributed by atoms with Gasteiger partial charge in [-0.2, -0.15) is 0 Å². The molecule has 6 aromatic rings. The first kappa shape index (κ1) is 28.0. The highest BCUT2D eigenvalue weighted by atomic mass is 14.8. The third kappa shape index (κ3) is 3.70. The van der Waals surface area contributed by atoms with Gasteiger partial charge in [0.25, 0.3) is 0 Å². The van der Waals surface area contributed by atoms with Crippen molar-refractivity contribution in [1.82, 2.24) is 19.9 Å². The molecule has 5 heterocycles. The van der Waals surface area contributed by atoms with Crippen molar-refractivity contribution in [2.75, 3.05) is 0 Å². The molecule has 4 aromatic carbocycles. The van der Waals surface area contributed by atoms with E-state index in [1.54, 1.807) is 0 Å². The van der Waals surface area contributed by atoms with Gasteiger partial charge in [-0.05, 0) is 132 Å². The maximum Gasteiger partial charge on any atom is 0.0769 e. The fourth-order valence-electron chi connectivity index (χ4n) is 8.02. The van der Waals surface area contributed by atoms with Crippen LogP contribution in [0, 0.1) is 13.8 Å². The summed E-state index contributed by atoms with van der Waals surface area (Å²) in [4.78, 5) is 18.5. The third-order valence-electron chi connectivity index (χ3n) is 11.5. The van der Waals surface area contributed by atoms with Gasteiger partial charge in [0.15, 0.2) is 0 Å². The number of allylic oxidation sites excluding steroid dienone is 4. The van der Waals surface area contributed by atoms with Gasteiger partial charge < -0.3 is 9.97 Å². The first-order chi connectivity index (χ1) is 22.5. The topological polar surface area (TPSA) is 57.4 Å². The number of nitrogens with one attached hydrogen (secondary N) is 2. The second-order valence-corrected chi connectivity index (χ2v) is 14.2. The summed E-state index contributed by atoms with van der Waals surface area (Å²) in [6.07, 6.45) is 0. The van der Waals surface area contributed by atoms with Crippen molar-refractivity contribution in [3.8, 4) is 0 Å². The van der Waals surface area contributed by atoms with E-state index in [0.29, 0.717) is 0 Å². The van der Waals surface area contributed by atoms with E-state index in [2.05, 4.69) is 138 Å². The average Bonchev–Trinajstić information content (AvgIpc) is 3.69. The fraction of sp³-hybridized carbons (Fsp3) is 0.209. The van der Waals surface area contributed by atoms with Crippen LogP contribution in [0.5, 0.6) is 0 Å². The summed E-state index contributed by atoms with van der Waals surface area (Å²) in [6, 6.07) is 26.9. The Kier molecular flexibility index (Phi) is 5.62. The summed E-state index contributed by atoms with van der Waals surface area (Å²) < 4.78 is 0. The Balaban J connectivity index is 1.60. The fourth-order valence-corrected chi connectivity index (χ4v) is 8.02. The molecule has 0 saturated heterocycles. The number of nitrogens with zero attached hydrogens (tertiary/aromatic N) is 2. The molecule has 2 aromatic heterocycles.